The first-order valence-corrected chi connectivity index (χ1v) is 9.97. The van der Waals surface area contributed by atoms with Crippen LogP contribution in [0.15, 0.2) is 30.9 Å². The van der Waals surface area contributed by atoms with Gasteiger partial charge in [-0.25, -0.2) is 26.9 Å². The topological polar surface area (TPSA) is 97.5 Å². The van der Waals surface area contributed by atoms with Crippen LogP contribution < -0.4 is 0 Å². The summed E-state index contributed by atoms with van der Waals surface area (Å²) in [6.45, 7) is 0.835. The summed E-state index contributed by atoms with van der Waals surface area (Å²) >= 11 is 0. The number of sulfonamides is 1. The molecule has 148 valence electrons. The zero-order chi connectivity index (χ0) is 19.5. The minimum atomic E-state index is -3.67. The van der Waals surface area contributed by atoms with Gasteiger partial charge in [0.05, 0.1) is 25.5 Å². The molecule has 0 aliphatic carbocycles. The van der Waals surface area contributed by atoms with Gasteiger partial charge in [-0.2, -0.15) is 9.40 Å². The van der Waals surface area contributed by atoms with E-state index in [2.05, 4.69) is 10.1 Å². The van der Waals surface area contributed by atoms with Crippen molar-refractivity contribution in [3.05, 3.63) is 48.1 Å². The molecule has 3 rings (SSSR count). The molecule has 0 radical (unpaired) electrons. The molecule has 2 aromatic rings. The highest BCUT2D eigenvalue weighted by molar-refractivity contribution is 7.89. The van der Waals surface area contributed by atoms with Gasteiger partial charge >= 0.3 is 0 Å². The predicted octanol–water partition coefficient (Wildman–Crippen LogP) is 0.496. The highest BCUT2D eigenvalue weighted by Gasteiger charge is 2.36. The Morgan fingerprint density at radius 3 is 2.63 bits per heavy atom. The monoisotopic (exact) mass is 402 g/mol. The Morgan fingerprint density at radius 1 is 1.26 bits per heavy atom. The van der Waals surface area contributed by atoms with Crippen molar-refractivity contribution >= 4 is 10.0 Å². The molecule has 0 amide bonds. The third-order valence-corrected chi connectivity index (χ3v) is 6.33. The maximum absolute atomic E-state index is 14.3. The van der Waals surface area contributed by atoms with Crippen molar-refractivity contribution in [1.29, 1.82) is 0 Å². The van der Waals surface area contributed by atoms with E-state index in [-0.39, 0.29) is 31.6 Å². The van der Waals surface area contributed by atoms with Crippen LogP contribution in [0.5, 0.6) is 0 Å². The van der Waals surface area contributed by atoms with Crippen LogP contribution in [0.4, 0.5) is 8.78 Å². The van der Waals surface area contributed by atoms with Gasteiger partial charge in [0.15, 0.2) is 0 Å². The lowest BCUT2D eigenvalue weighted by Gasteiger charge is -2.31. The van der Waals surface area contributed by atoms with E-state index in [1.165, 1.54) is 21.6 Å². The van der Waals surface area contributed by atoms with Gasteiger partial charge in [0.1, 0.15) is 29.9 Å². The van der Waals surface area contributed by atoms with Gasteiger partial charge in [-0.15, -0.1) is 0 Å². The maximum Gasteiger partial charge on any atom is 0.214 e. The first kappa shape index (κ1) is 19.8. The van der Waals surface area contributed by atoms with E-state index in [1.807, 2.05) is 0 Å². The lowest BCUT2D eigenvalue weighted by molar-refractivity contribution is 0.00780. The number of aromatic nitrogens is 3. The number of hydrogen-bond acceptors (Lipinski definition) is 6. The van der Waals surface area contributed by atoms with Gasteiger partial charge in [0.2, 0.25) is 10.0 Å². The molecule has 0 unspecified atom stereocenters. The second kappa shape index (κ2) is 7.97. The Balaban J connectivity index is 1.85. The Bertz CT molecular complexity index is 873. The largest absolute Gasteiger partial charge is 0.383 e. The van der Waals surface area contributed by atoms with Crippen molar-refractivity contribution in [2.45, 2.75) is 18.6 Å². The Hall–Kier alpha value is -1.95. The molecule has 0 saturated carbocycles. The van der Waals surface area contributed by atoms with Crippen LogP contribution in [0.25, 0.3) is 0 Å². The smallest absolute Gasteiger partial charge is 0.214 e. The first-order chi connectivity index (χ1) is 12.8. The molecule has 1 fully saturated rings. The van der Waals surface area contributed by atoms with Gasteiger partial charge in [0, 0.05) is 24.7 Å². The van der Waals surface area contributed by atoms with Gasteiger partial charge in [-0.05, 0) is 12.5 Å². The van der Waals surface area contributed by atoms with Gasteiger partial charge < -0.3 is 9.84 Å². The molecule has 1 saturated heterocycles. The van der Waals surface area contributed by atoms with Crippen LogP contribution in [0.3, 0.4) is 0 Å². The molecule has 1 aromatic heterocycles. The second-order valence-corrected chi connectivity index (χ2v) is 8.41. The molecule has 1 aromatic carbocycles. The van der Waals surface area contributed by atoms with Gasteiger partial charge in [-0.3, -0.25) is 0 Å². The van der Waals surface area contributed by atoms with Crippen LogP contribution in [0.1, 0.15) is 12.0 Å². The van der Waals surface area contributed by atoms with E-state index >= 15 is 0 Å². The molecule has 1 atom stereocenters. The molecule has 1 N–H and O–H groups in total. The van der Waals surface area contributed by atoms with E-state index in [9.17, 15) is 22.3 Å². The van der Waals surface area contributed by atoms with Crippen molar-refractivity contribution in [3.8, 4) is 0 Å². The Morgan fingerprint density at radius 2 is 2.00 bits per heavy atom. The SMILES string of the molecule is O=S(=O)(CC[C@](O)(Cn1cncn1)c1ccc(F)cc1F)N1CCOCC1. The molecule has 11 heteroatoms. The van der Waals surface area contributed by atoms with Crippen LogP contribution in [-0.2, 0) is 26.9 Å². The van der Waals surface area contributed by atoms with E-state index < -0.39 is 33.0 Å². The fraction of sp³-hybridized carbons (Fsp3) is 0.500. The quantitative estimate of drug-likeness (QED) is 0.724. The highest BCUT2D eigenvalue weighted by Crippen LogP contribution is 2.30. The summed E-state index contributed by atoms with van der Waals surface area (Å²) in [5.74, 6) is -2.16. The average molecular weight is 402 g/mol. The average Bonchev–Trinajstić information content (AvgIpc) is 3.13. The molecule has 1 aliphatic heterocycles. The summed E-state index contributed by atoms with van der Waals surface area (Å²) < 4.78 is 60.4. The van der Waals surface area contributed by atoms with Crippen LogP contribution in [0.2, 0.25) is 0 Å². The Kier molecular flexibility index (Phi) is 5.84. The van der Waals surface area contributed by atoms with Crippen molar-refractivity contribution in [2.75, 3.05) is 32.1 Å². The molecule has 8 nitrogen and oxygen atoms in total. The molecule has 1 aliphatic rings. The number of benzene rings is 1. The minimum absolute atomic E-state index is 0.198. The fourth-order valence-electron chi connectivity index (χ4n) is 3.00. The van der Waals surface area contributed by atoms with Crippen molar-refractivity contribution in [3.63, 3.8) is 0 Å². The fourth-order valence-corrected chi connectivity index (χ4v) is 4.56. The van der Waals surface area contributed by atoms with Crippen LogP contribution >= 0.6 is 0 Å². The standard InChI is InChI=1S/C16H20F2N4O4S/c17-13-1-2-14(15(18)9-13)16(23,10-21-12-19-11-20-21)3-8-27(24,25)22-4-6-26-7-5-22/h1-2,9,11-12,23H,3-8,10H2/t16-/m0/s1. The summed E-state index contributed by atoms with van der Waals surface area (Å²) in [6.07, 6.45) is 2.27. The van der Waals surface area contributed by atoms with E-state index in [0.717, 1.165) is 12.1 Å². The number of aliphatic hydroxyl groups is 1. The molecular weight excluding hydrogens is 382 g/mol. The zero-order valence-electron chi connectivity index (χ0n) is 14.5. The highest BCUT2D eigenvalue weighted by atomic mass is 32.2. The molecule has 27 heavy (non-hydrogen) atoms. The Labute approximate surface area is 155 Å². The number of nitrogens with zero attached hydrogens (tertiary/aromatic N) is 4. The number of hydrogen-bond donors (Lipinski definition) is 1. The van der Waals surface area contributed by atoms with Crippen LogP contribution in [-0.4, -0.2) is 64.7 Å². The number of ether oxygens (including phenoxy) is 1. The van der Waals surface area contributed by atoms with E-state index in [4.69, 9.17) is 4.74 Å². The van der Waals surface area contributed by atoms with Crippen molar-refractivity contribution in [2.24, 2.45) is 0 Å². The number of halogens is 2. The number of morpholine rings is 1. The molecule has 0 spiro atoms. The molecule has 2 heterocycles. The summed E-state index contributed by atoms with van der Waals surface area (Å²) in [4.78, 5) is 3.77. The molecule has 0 bridgehead atoms. The van der Waals surface area contributed by atoms with Crippen molar-refractivity contribution < 1.29 is 27.0 Å². The van der Waals surface area contributed by atoms with Crippen LogP contribution in [0, 0.1) is 11.6 Å². The maximum atomic E-state index is 14.3. The summed E-state index contributed by atoms with van der Waals surface area (Å²) in [5.41, 5.74) is -2.11. The predicted molar refractivity (Wildman–Crippen MR) is 91.1 cm³/mol. The van der Waals surface area contributed by atoms with E-state index in [0.29, 0.717) is 19.3 Å². The zero-order valence-corrected chi connectivity index (χ0v) is 15.3. The summed E-state index contributed by atoms with van der Waals surface area (Å²) in [6, 6.07) is 2.78. The summed E-state index contributed by atoms with van der Waals surface area (Å²) in [5, 5.41) is 15.0. The van der Waals surface area contributed by atoms with Gasteiger partial charge in [0.25, 0.3) is 0 Å². The van der Waals surface area contributed by atoms with Crippen molar-refractivity contribution in [1.82, 2.24) is 19.1 Å². The second-order valence-electron chi connectivity index (χ2n) is 6.33. The lowest BCUT2D eigenvalue weighted by Crippen LogP contribution is -2.43. The third kappa shape index (κ3) is 4.67. The summed E-state index contributed by atoms with van der Waals surface area (Å²) in [7, 11) is -3.67. The minimum Gasteiger partial charge on any atom is -0.383 e. The molecular formula is C16H20F2N4O4S. The van der Waals surface area contributed by atoms with E-state index in [1.54, 1.807) is 0 Å². The lowest BCUT2D eigenvalue weighted by atomic mass is 9.90. The van der Waals surface area contributed by atoms with Gasteiger partial charge in [-0.1, -0.05) is 6.07 Å². The third-order valence-electron chi connectivity index (χ3n) is 4.46. The number of rotatable bonds is 7. The first-order valence-electron chi connectivity index (χ1n) is 8.36. The normalized spacial score (nSPS) is 18.3.